The van der Waals surface area contributed by atoms with Crippen LogP contribution >= 0.6 is 0 Å². The molecule has 0 aliphatic carbocycles. The maximum atomic E-state index is 5.93. The number of oxazole rings is 1. The van der Waals surface area contributed by atoms with Crippen LogP contribution in [0.25, 0.3) is 11.1 Å². The predicted octanol–water partition coefficient (Wildman–Crippen LogP) is 3.35. The first kappa shape index (κ1) is 17.7. The van der Waals surface area contributed by atoms with Gasteiger partial charge in [0.15, 0.2) is 17.1 Å². The molecule has 0 atom stereocenters. The van der Waals surface area contributed by atoms with Gasteiger partial charge in [-0.2, -0.15) is 4.98 Å². The summed E-state index contributed by atoms with van der Waals surface area (Å²) in [6.07, 6.45) is 0. The highest BCUT2D eigenvalue weighted by atomic mass is 16.5. The van der Waals surface area contributed by atoms with E-state index in [1.54, 1.807) is 7.11 Å². The minimum Gasteiger partial charge on any atom is -0.493 e. The largest absolute Gasteiger partial charge is 0.493 e. The second kappa shape index (κ2) is 7.88. The average Bonchev–Trinajstić information content (AvgIpc) is 3.14. The van der Waals surface area contributed by atoms with E-state index >= 15 is 0 Å². The number of piperazine rings is 1. The lowest BCUT2D eigenvalue weighted by molar-refractivity contribution is 0.195. The minimum atomic E-state index is 0.641. The molecule has 27 heavy (non-hydrogen) atoms. The third-order valence-electron chi connectivity index (χ3n) is 4.91. The lowest BCUT2D eigenvalue weighted by Crippen LogP contribution is -2.47. The van der Waals surface area contributed by atoms with Gasteiger partial charge in [-0.15, -0.1) is 0 Å². The van der Waals surface area contributed by atoms with Crippen molar-refractivity contribution in [1.82, 2.24) is 9.88 Å². The first-order chi connectivity index (χ1) is 13.2. The summed E-state index contributed by atoms with van der Waals surface area (Å²) in [5.74, 6) is 1.59. The molecule has 1 aliphatic rings. The molecule has 0 bridgehead atoms. The molecule has 0 amide bonds. The lowest BCUT2D eigenvalue weighted by atomic mass is 10.2. The number of methoxy groups -OCH3 is 1. The highest BCUT2D eigenvalue weighted by molar-refractivity contribution is 5.74. The van der Waals surface area contributed by atoms with Crippen LogP contribution in [-0.4, -0.2) is 56.3 Å². The molecule has 0 spiro atoms. The van der Waals surface area contributed by atoms with E-state index in [4.69, 9.17) is 13.9 Å². The Hall–Kier alpha value is -2.73. The predicted molar refractivity (Wildman–Crippen MR) is 106 cm³/mol. The zero-order valence-electron chi connectivity index (χ0n) is 15.9. The smallest absolute Gasteiger partial charge is 0.298 e. The molecule has 0 radical (unpaired) electrons. The maximum absolute atomic E-state index is 5.93. The Morgan fingerprint density at radius 2 is 1.85 bits per heavy atom. The van der Waals surface area contributed by atoms with Crippen molar-refractivity contribution in [2.24, 2.45) is 0 Å². The van der Waals surface area contributed by atoms with E-state index < -0.39 is 0 Å². The Kier molecular flexibility index (Phi) is 5.16. The fourth-order valence-corrected chi connectivity index (χ4v) is 3.34. The first-order valence-electron chi connectivity index (χ1n) is 9.33. The van der Waals surface area contributed by atoms with Crippen LogP contribution in [0.3, 0.4) is 0 Å². The van der Waals surface area contributed by atoms with Crippen LogP contribution in [0.5, 0.6) is 11.5 Å². The summed E-state index contributed by atoms with van der Waals surface area (Å²) in [5, 5.41) is 0. The zero-order chi connectivity index (χ0) is 18.6. The van der Waals surface area contributed by atoms with Crippen molar-refractivity contribution < 1.29 is 13.9 Å². The number of aromatic nitrogens is 1. The highest BCUT2D eigenvalue weighted by Crippen LogP contribution is 2.27. The molecular formula is C21H25N3O3. The second-order valence-corrected chi connectivity index (χ2v) is 6.80. The lowest BCUT2D eigenvalue weighted by Gasteiger charge is -2.33. The Labute approximate surface area is 159 Å². The number of benzene rings is 2. The van der Waals surface area contributed by atoms with Gasteiger partial charge in [-0.25, -0.2) is 0 Å². The quantitative estimate of drug-likeness (QED) is 0.666. The molecule has 4 rings (SSSR count). The molecule has 1 fully saturated rings. The number of aryl methyl sites for hydroxylation is 1. The number of hydrogen-bond donors (Lipinski definition) is 0. The number of nitrogens with zero attached hydrogens (tertiary/aromatic N) is 3. The monoisotopic (exact) mass is 367 g/mol. The number of para-hydroxylation sites is 2. The second-order valence-electron chi connectivity index (χ2n) is 6.80. The van der Waals surface area contributed by atoms with Crippen LogP contribution in [0.2, 0.25) is 0 Å². The third kappa shape index (κ3) is 4.01. The summed E-state index contributed by atoms with van der Waals surface area (Å²) in [5.41, 5.74) is 2.92. The Balaban J connectivity index is 1.27. The van der Waals surface area contributed by atoms with Gasteiger partial charge in [-0.1, -0.05) is 18.2 Å². The molecule has 142 valence electrons. The van der Waals surface area contributed by atoms with Crippen LogP contribution < -0.4 is 14.4 Å². The van der Waals surface area contributed by atoms with E-state index in [1.807, 2.05) is 49.4 Å². The third-order valence-corrected chi connectivity index (χ3v) is 4.91. The van der Waals surface area contributed by atoms with Gasteiger partial charge >= 0.3 is 0 Å². The van der Waals surface area contributed by atoms with Crippen molar-refractivity contribution >= 4 is 17.1 Å². The van der Waals surface area contributed by atoms with Gasteiger partial charge in [-0.05, 0) is 36.8 Å². The van der Waals surface area contributed by atoms with Crippen molar-refractivity contribution in [3.63, 3.8) is 0 Å². The Morgan fingerprint density at radius 1 is 1.04 bits per heavy atom. The topological polar surface area (TPSA) is 51.0 Å². The van der Waals surface area contributed by atoms with Crippen molar-refractivity contribution in [3.05, 3.63) is 48.0 Å². The van der Waals surface area contributed by atoms with E-state index in [0.717, 1.165) is 66.9 Å². The summed E-state index contributed by atoms with van der Waals surface area (Å²) in [7, 11) is 1.67. The summed E-state index contributed by atoms with van der Waals surface area (Å²) in [4.78, 5) is 9.20. The number of fused-ring (bicyclic) bond motifs is 1. The average molecular weight is 367 g/mol. The van der Waals surface area contributed by atoms with E-state index in [-0.39, 0.29) is 0 Å². The number of rotatable bonds is 6. The van der Waals surface area contributed by atoms with Crippen molar-refractivity contribution in [2.45, 2.75) is 6.92 Å². The molecule has 0 saturated carbocycles. The fourth-order valence-electron chi connectivity index (χ4n) is 3.34. The molecular weight excluding hydrogens is 342 g/mol. The molecule has 0 N–H and O–H groups in total. The number of hydrogen-bond acceptors (Lipinski definition) is 6. The SMILES string of the molecule is COc1cc(C)ccc1OCCN1CCN(c2nc3ccccc3o2)CC1. The van der Waals surface area contributed by atoms with Crippen molar-refractivity contribution in [3.8, 4) is 11.5 Å². The highest BCUT2D eigenvalue weighted by Gasteiger charge is 2.21. The van der Waals surface area contributed by atoms with Crippen LogP contribution in [-0.2, 0) is 0 Å². The Bertz CT molecular complexity index is 868. The van der Waals surface area contributed by atoms with Crippen LogP contribution in [0, 0.1) is 6.92 Å². The van der Waals surface area contributed by atoms with Crippen LogP contribution in [0.1, 0.15) is 5.56 Å². The summed E-state index contributed by atoms with van der Waals surface area (Å²) >= 11 is 0. The summed E-state index contributed by atoms with van der Waals surface area (Å²) < 4.78 is 17.2. The van der Waals surface area contributed by atoms with Gasteiger partial charge in [0.1, 0.15) is 12.1 Å². The van der Waals surface area contributed by atoms with Crippen molar-refractivity contribution in [1.29, 1.82) is 0 Å². The van der Waals surface area contributed by atoms with Gasteiger partial charge in [0.2, 0.25) is 0 Å². The molecule has 6 heteroatoms. The molecule has 0 unspecified atom stereocenters. The molecule has 6 nitrogen and oxygen atoms in total. The molecule has 1 saturated heterocycles. The number of ether oxygens (including phenoxy) is 2. The van der Waals surface area contributed by atoms with Crippen molar-refractivity contribution in [2.75, 3.05) is 51.3 Å². The van der Waals surface area contributed by atoms with E-state index in [9.17, 15) is 0 Å². The van der Waals surface area contributed by atoms with E-state index in [1.165, 1.54) is 0 Å². The van der Waals surface area contributed by atoms with Gasteiger partial charge < -0.3 is 18.8 Å². The van der Waals surface area contributed by atoms with Crippen LogP contribution in [0.15, 0.2) is 46.9 Å². The minimum absolute atomic E-state index is 0.641. The van der Waals surface area contributed by atoms with E-state index in [2.05, 4.69) is 14.8 Å². The summed E-state index contributed by atoms with van der Waals surface area (Å²) in [6, 6.07) is 14.6. The molecule has 2 heterocycles. The summed E-state index contributed by atoms with van der Waals surface area (Å²) in [6.45, 7) is 7.31. The van der Waals surface area contributed by atoms with Gasteiger partial charge in [0, 0.05) is 32.7 Å². The fraction of sp³-hybridized carbons (Fsp3) is 0.381. The van der Waals surface area contributed by atoms with Crippen LogP contribution in [0.4, 0.5) is 6.01 Å². The van der Waals surface area contributed by atoms with Gasteiger partial charge in [-0.3, -0.25) is 4.90 Å². The van der Waals surface area contributed by atoms with E-state index in [0.29, 0.717) is 6.61 Å². The molecule has 1 aromatic heterocycles. The normalized spacial score (nSPS) is 15.3. The standard InChI is InChI=1S/C21H25N3O3/c1-16-7-8-19(20(15-16)25-2)26-14-13-23-9-11-24(12-10-23)21-22-17-5-3-4-6-18(17)27-21/h3-8,15H,9-14H2,1-2H3. The zero-order valence-corrected chi connectivity index (χ0v) is 15.9. The van der Waals surface area contributed by atoms with Gasteiger partial charge in [0.25, 0.3) is 6.01 Å². The molecule has 2 aromatic carbocycles. The maximum Gasteiger partial charge on any atom is 0.298 e. The molecule has 1 aliphatic heterocycles. The Morgan fingerprint density at radius 3 is 2.63 bits per heavy atom. The van der Waals surface area contributed by atoms with Gasteiger partial charge in [0.05, 0.1) is 7.11 Å². The first-order valence-corrected chi connectivity index (χ1v) is 9.33. The number of anilines is 1. The molecule has 3 aromatic rings.